The second-order valence-electron chi connectivity index (χ2n) is 4.28. The summed E-state index contributed by atoms with van der Waals surface area (Å²) in [5.41, 5.74) is 0. The lowest BCUT2D eigenvalue weighted by molar-refractivity contribution is 0.349. The van der Waals surface area contributed by atoms with Crippen LogP contribution in [0.3, 0.4) is 0 Å². The van der Waals surface area contributed by atoms with Crippen LogP contribution in [0.4, 0.5) is 0 Å². The van der Waals surface area contributed by atoms with Gasteiger partial charge in [0.25, 0.3) is 0 Å². The summed E-state index contributed by atoms with van der Waals surface area (Å²) in [7, 11) is 3.22. The Hall–Kier alpha value is -2.62. The lowest BCUT2D eigenvalue weighted by atomic mass is 10.2. The molecule has 0 aromatic heterocycles. The van der Waals surface area contributed by atoms with Gasteiger partial charge in [0.15, 0.2) is 0 Å². The molecular formula is C16H14N2O2. The van der Waals surface area contributed by atoms with E-state index in [0.29, 0.717) is 11.8 Å². The predicted octanol–water partition coefficient (Wildman–Crippen LogP) is 0.0638. The maximum Gasteiger partial charge on any atom is 0.223 e. The highest BCUT2D eigenvalue weighted by atomic mass is 16.5. The molecule has 0 fully saturated rings. The van der Waals surface area contributed by atoms with Gasteiger partial charge in [-0.25, -0.2) is 9.98 Å². The van der Waals surface area contributed by atoms with E-state index in [1.807, 2.05) is 48.5 Å². The van der Waals surface area contributed by atoms with Gasteiger partial charge in [0, 0.05) is 0 Å². The molecule has 0 spiro atoms. The van der Waals surface area contributed by atoms with Crippen LogP contribution >= 0.6 is 0 Å². The first-order chi connectivity index (χ1) is 9.83. The Balaban J connectivity index is 2.56. The SMILES string of the molecule is COC1=c2ccccc2=NC(OC)=c2ccccc2=N1. The highest BCUT2D eigenvalue weighted by Gasteiger charge is 2.05. The van der Waals surface area contributed by atoms with E-state index in [4.69, 9.17) is 9.47 Å². The van der Waals surface area contributed by atoms with Gasteiger partial charge in [-0.15, -0.1) is 0 Å². The highest BCUT2D eigenvalue weighted by Crippen LogP contribution is 1.98. The van der Waals surface area contributed by atoms with E-state index < -0.39 is 0 Å². The molecule has 0 unspecified atom stereocenters. The summed E-state index contributed by atoms with van der Waals surface area (Å²) in [5.74, 6) is 1.10. The Morgan fingerprint density at radius 2 is 1.05 bits per heavy atom. The summed E-state index contributed by atoms with van der Waals surface area (Å²) < 4.78 is 10.8. The number of benzene rings is 2. The minimum absolute atomic E-state index is 0.548. The van der Waals surface area contributed by atoms with Crippen LogP contribution in [0.5, 0.6) is 0 Å². The van der Waals surface area contributed by atoms with Crippen LogP contribution in [0.2, 0.25) is 0 Å². The molecule has 0 saturated carbocycles. The molecule has 100 valence electrons. The van der Waals surface area contributed by atoms with E-state index in [9.17, 15) is 0 Å². The maximum absolute atomic E-state index is 5.42. The summed E-state index contributed by atoms with van der Waals surface area (Å²) >= 11 is 0. The van der Waals surface area contributed by atoms with Crippen molar-refractivity contribution >= 4 is 11.8 Å². The lowest BCUT2D eigenvalue weighted by Gasteiger charge is -2.06. The number of fused-ring (bicyclic) bond motifs is 2. The molecular weight excluding hydrogens is 252 g/mol. The van der Waals surface area contributed by atoms with Crippen molar-refractivity contribution in [2.75, 3.05) is 14.2 Å². The van der Waals surface area contributed by atoms with Gasteiger partial charge in [0.1, 0.15) is 0 Å². The largest absolute Gasteiger partial charge is 0.480 e. The molecule has 0 radical (unpaired) electrons. The van der Waals surface area contributed by atoms with Gasteiger partial charge in [-0.2, -0.15) is 0 Å². The zero-order valence-electron chi connectivity index (χ0n) is 11.3. The van der Waals surface area contributed by atoms with Gasteiger partial charge in [-0.05, 0) is 24.3 Å². The third-order valence-corrected chi connectivity index (χ3v) is 3.10. The van der Waals surface area contributed by atoms with Crippen LogP contribution in [0.1, 0.15) is 0 Å². The number of methoxy groups -OCH3 is 2. The molecule has 1 aliphatic heterocycles. The molecule has 3 rings (SSSR count). The average molecular weight is 266 g/mol. The predicted molar refractivity (Wildman–Crippen MR) is 75.3 cm³/mol. The van der Waals surface area contributed by atoms with E-state index in [-0.39, 0.29) is 0 Å². The topological polar surface area (TPSA) is 43.2 Å². The monoisotopic (exact) mass is 266 g/mol. The van der Waals surface area contributed by atoms with Crippen molar-refractivity contribution in [2.24, 2.45) is 9.98 Å². The Morgan fingerprint density at radius 3 is 1.45 bits per heavy atom. The van der Waals surface area contributed by atoms with Crippen LogP contribution in [0.15, 0.2) is 58.5 Å². The molecule has 2 aromatic carbocycles. The molecule has 4 heteroatoms. The molecule has 0 bridgehead atoms. The van der Waals surface area contributed by atoms with Crippen LogP contribution in [0.25, 0.3) is 11.8 Å². The molecule has 0 aliphatic carbocycles. The zero-order chi connectivity index (χ0) is 13.9. The Labute approximate surface area is 116 Å². The van der Waals surface area contributed by atoms with Crippen LogP contribution in [0, 0.1) is 0 Å². The fourth-order valence-electron chi connectivity index (χ4n) is 2.15. The quantitative estimate of drug-likeness (QED) is 0.771. The van der Waals surface area contributed by atoms with Gasteiger partial charge >= 0.3 is 0 Å². The van der Waals surface area contributed by atoms with E-state index in [2.05, 4.69) is 9.98 Å². The summed E-state index contributed by atoms with van der Waals surface area (Å²) in [6, 6.07) is 15.4. The molecule has 1 heterocycles. The molecule has 1 aliphatic rings. The number of para-hydroxylation sites is 2. The Kier molecular flexibility index (Phi) is 3.21. The first kappa shape index (κ1) is 12.4. The van der Waals surface area contributed by atoms with Crippen molar-refractivity contribution in [1.82, 2.24) is 0 Å². The highest BCUT2D eigenvalue weighted by molar-refractivity contribution is 5.41. The molecule has 2 aromatic rings. The normalized spacial score (nSPS) is 13.1. The van der Waals surface area contributed by atoms with Crippen molar-refractivity contribution in [2.45, 2.75) is 0 Å². The Bertz CT molecular complexity index is 810. The van der Waals surface area contributed by atoms with Crippen molar-refractivity contribution in [3.05, 3.63) is 69.7 Å². The van der Waals surface area contributed by atoms with Gasteiger partial charge in [-0.3, -0.25) is 0 Å². The van der Waals surface area contributed by atoms with Crippen LogP contribution in [-0.2, 0) is 9.47 Å². The van der Waals surface area contributed by atoms with Gasteiger partial charge in [0.2, 0.25) is 11.8 Å². The lowest BCUT2D eigenvalue weighted by Crippen LogP contribution is -2.34. The third kappa shape index (κ3) is 2.05. The van der Waals surface area contributed by atoms with E-state index in [1.165, 1.54) is 0 Å². The van der Waals surface area contributed by atoms with E-state index in [1.54, 1.807) is 14.2 Å². The van der Waals surface area contributed by atoms with Crippen molar-refractivity contribution in [3.8, 4) is 0 Å². The maximum atomic E-state index is 5.42. The number of rotatable bonds is 2. The van der Waals surface area contributed by atoms with Gasteiger partial charge in [0.05, 0.1) is 35.4 Å². The minimum Gasteiger partial charge on any atom is -0.480 e. The molecule has 0 saturated heterocycles. The summed E-state index contributed by atoms with van der Waals surface area (Å²) in [6.45, 7) is 0. The van der Waals surface area contributed by atoms with E-state index in [0.717, 1.165) is 21.2 Å². The number of ether oxygens (including phenoxy) is 2. The standard InChI is InChI=1S/C16H14N2O2/c1-19-15-11-7-3-5-9-13(11)18-16(20-2)12-8-4-6-10-14(12)17-15/h3-10H,1-2H3. The average Bonchev–Trinajstić information content (AvgIpc) is 2.49. The number of nitrogens with zero attached hydrogens (tertiary/aromatic N) is 2. The summed E-state index contributed by atoms with van der Waals surface area (Å²) in [5, 5.41) is 3.25. The Morgan fingerprint density at radius 1 is 0.650 bits per heavy atom. The third-order valence-electron chi connectivity index (χ3n) is 3.10. The fraction of sp³-hybridized carbons (Fsp3) is 0.125. The molecule has 0 amide bonds. The second kappa shape index (κ2) is 5.17. The molecule has 4 nitrogen and oxygen atoms in total. The fourth-order valence-corrected chi connectivity index (χ4v) is 2.15. The zero-order valence-corrected chi connectivity index (χ0v) is 11.3. The second-order valence-corrected chi connectivity index (χ2v) is 4.28. The molecule has 0 N–H and O–H groups in total. The summed E-state index contributed by atoms with van der Waals surface area (Å²) in [6.07, 6.45) is 0. The molecule has 0 atom stereocenters. The van der Waals surface area contributed by atoms with Crippen molar-refractivity contribution in [1.29, 1.82) is 0 Å². The van der Waals surface area contributed by atoms with Crippen molar-refractivity contribution < 1.29 is 9.47 Å². The van der Waals surface area contributed by atoms with Crippen LogP contribution in [-0.4, -0.2) is 14.2 Å². The van der Waals surface area contributed by atoms with Gasteiger partial charge < -0.3 is 9.47 Å². The molecule has 20 heavy (non-hydrogen) atoms. The van der Waals surface area contributed by atoms with Gasteiger partial charge in [-0.1, -0.05) is 24.3 Å². The minimum atomic E-state index is 0.548. The summed E-state index contributed by atoms with van der Waals surface area (Å²) in [4.78, 5) is 9.18. The number of hydrogen-bond donors (Lipinski definition) is 0. The first-order valence-electron chi connectivity index (χ1n) is 6.27. The first-order valence-corrected chi connectivity index (χ1v) is 6.27. The van der Waals surface area contributed by atoms with Crippen molar-refractivity contribution in [3.63, 3.8) is 0 Å². The smallest absolute Gasteiger partial charge is 0.223 e. The van der Waals surface area contributed by atoms with Crippen LogP contribution < -0.4 is 21.2 Å². The number of hydrogen-bond acceptors (Lipinski definition) is 4. The van der Waals surface area contributed by atoms with E-state index >= 15 is 0 Å².